The highest BCUT2D eigenvalue weighted by Gasteiger charge is 2.45. The van der Waals surface area contributed by atoms with Gasteiger partial charge in [0.05, 0.1) is 13.7 Å². The molecule has 1 aromatic carbocycles. The van der Waals surface area contributed by atoms with Crippen molar-refractivity contribution < 1.29 is 14.3 Å². The van der Waals surface area contributed by atoms with Gasteiger partial charge in [-0.05, 0) is 44.7 Å². The number of nitrogens with zero attached hydrogens (tertiary/aromatic N) is 1. The van der Waals surface area contributed by atoms with Gasteiger partial charge in [-0.3, -0.25) is 0 Å². The molecule has 20 heavy (non-hydrogen) atoms. The lowest BCUT2D eigenvalue weighted by atomic mass is 9.98. The van der Waals surface area contributed by atoms with Crippen molar-refractivity contribution in [2.45, 2.75) is 18.9 Å². The molecule has 0 radical (unpaired) electrons. The number of likely N-dealkylation sites (N-methyl/N-ethyl adjacent to an activating group) is 1. The number of nitrogens with one attached hydrogen (secondary N) is 1. The molecule has 0 amide bonds. The van der Waals surface area contributed by atoms with Crippen molar-refractivity contribution in [1.82, 2.24) is 4.90 Å². The van der Waals surface area contributed by atoms with E-state index in [4.69, 9.17) is 9.47 Å². The van der Waals surface area contributed by atoms with Gasteiger partial charge in [-0.15, -0.1) is 0 Å². The fourth-order valence-electron chi connectivity index (χ4n) is 2.54. The second-order valence-corrected chi connectivity index (χ2v) is 5.14. The molecule has 1 unspecified atom stereocenters. The minimum atomic E-state index is -0.653. The summed E-state index contributed by atoms with van der Waals surface area (Å²) in [5.74, 6) is 0.615. The van der Waals surface area contributed by atoms with E-state index in [1.807, 2.05) is 38.2 Å². The van der Waals surface area contributed by atoms with Crippen LogP contribution in [0.3, 0.4) is 0 Å². The lowest BCUT2D eigenvalue weighted by molar-refractivity contribution is -0.148. The Kier molecular flexibility index (Phi) is 4.49. The lowest BCUT2D eigenvalue weighted by Crippen LogP contribution is -2.49. The van der Waals surface area contributed by atoms with E-state index < -0.39 is 5.54 Å². The van der Waals surface area contributed by atoms with Crippen LogP contribution in [0.15, 0.2) is 24.3 Å². The van der Waals surface area contributed by atoms with Gasteiger partial charge >= 0.3 is 5.97 Å². The van der Waals surface area contributed by atoms with Gasteiger partial charge in [0.1, 0.15) is 11.3 Å². The molecule has 1 aliphatic rings. The predicted octanol–water partition coefficient (Wildman–Crippen LogP) is 1.74. The largest absolute Gasteiger partial charge is 0.497 e. The molecule has 2 rings (SSSR count). The molecule has 0 bridgehead atoms. The molecule has 5 nitrogen and oxygen atoms in total. The van der Waals surface area contributed by atoms with Gasteiger partial charge in [0, 0.05) is 18.8 Å². The number of carbonyl (C=O) groups excluding carboxylic acids is 1. The van der Waals surface area contributed by atoms with Crippen LogP contribution in [-0.2, 0) is 9.53 Å². The summed E-state index contributed by atoms with van der Waals surface area (Å²) < 4.78 is 10.4. The van der Waals surface area contributed by atoms with E-state index >= 15 is 0 Å². The molecule has 1 saturated heterocycles. The van der Waals surface area contributed by atoms with Gasteiger partial charge in [0.2, 0.25) is 0 Å². The average Bonchev–Trinajstić information content (AvgIpc) is 2.82. The Morgan fingerprint density at radius 3 is 2.60 bits per heavy atom. The highest BCUT2D eigenvalue weighted by atomic mass is 16.5. The van der Waals surface area contributed by atoms with E-state index in [2.05, 4.69) is 10.2 Å². The van der Waals surface area contributed by atoms with E-state index in [1.54, 1.807) is 7.11 Å². The molecule has 1 aliphatic heterocycles. The van der Waals surface area contributed by atoms with Crippen molar-refractivity contribution in [3.8, 4) is 5.75 Å². The van der Waals surface area contributed by atoms with Crippen molar-refractivity contribution in [2.24, 2.45) is 0 Å². The first-order chi connectivity index (χ1) is 9.59. The van der Waals surface area contributed by atoms with E-state index in [-0.39, 0.29) is 5.97 Å². The van der Waals surface area contributed by atoms with Crippen molar-refractivity contribution in [2.75, 3.05) is 39.2 Å². The first-order valence-electron chi connectivity index (χ1n) is 6.87. The summed E-state index contributed by atoms with van der Waals surface area (Å²) in [5, 5.41) is 3.35. The van der Waals surface area contributed by atoms with Crippen LogP contribution in [0.2, 0.25) is 0 Å². The van der Waals surface area contributed by atoms with Crippen molar-refractivity contribution in [3.63, 3.8) is 0 Å². The third kappa shape index (κ3) is 3.04. The molecule has 1 fully saturated rings. The van der Waals surface area contributed by atoms with Gasteiger partial charge in [0.25, 0.3) is 0 Å². The smallest absolute Gasteiger partial charge is 0.333 e. The number of benzene rings is 1. The lowest BCUT2D eigenvalue weighted by Gasteiger charge is -2.29. The minimum absolute atomic E-state index is 0.180. The van der Waals surface area contributed by atoms with Gasteiger partial charge in [-0.25, -0.2) is 4.79 Å². The molecule has 0 aliphatic carbocycles. The first-order valence-corrected chi connectivity index (χ1v) is 6.87. The highest BCUT2D eigenvalue weighted by Crippen LogP contribution is 2.28. The zero-order valence-corrected chi connectivity index (χ0v) is 12.3. The first kappa shape index (κ1) is 14.7. The number of carbonyl (C=O) groups is 1. The minimum Gasteiger partial charge on any atom is -0.497 e. The van der Waals surface area contributed by atoms with Crippen LogP contribution in [-0.4, -0.2) is 50.3 Å². The number of hydrogen-bond acceptors (Lipinski definition) is 5. The molecule has 1 N–H and O–H groups in total. The summed E-state index contributed by atoms with van der Waals surface area (Å²) in [6, 6.07) is 7.58. The molecule has 1 heterocycles. The zero-order chi connectivity index (χ0) is 14.6. The summed E-state index contributed by atoms with van der Waals surface area (Å²) in [7, 11) is 3.64. The molecule has 5 heteroatoms. The maximum atomic E-state index is 12.3. The van der Waals surface area contributed by atoms with Gasteiger partial charge in [0.15, 0.2) is 0 Å². The average molecular weight is 278 g/mol. The molecular formula is C15H22N2O3. The third-order valence-electron chi connectivity index (χ3n) is 3.60. The predicted molar refractivity (Wildman–Crippen MR) is 78.1 cm³/mol. The van der Waals surface area contributed by atoms with Crippen LogP contribution in [0.4, 0.5) is 5.69 Å². The van der Waals surface area contributed by atoms with Crippen LogP contribution >= 0.6 is 0 Å². The number of esters is 1. The Bertz CT molecular complexity index is 461. The maximum Gasteiger partial charge on any atom is 0.333 e. The topological polar surface area (TPSA) is 50.8 Å². The number of hydrogen-bond donors (Lipinski definition) is 1. The molecule has 0 spiro atoms. The Hall–Kier alpha value is -1.75. The Labute approximate surface area is 119 Å². The Morgan fingerprint density at radius 2 is 2.10 bits per heavy atom. The quantitative estimate of drug-likeness (QED) is 0.832. The summed E-state index contributed by atoms with van der Waals surface area (Å²) in [4.78, 5) is 14.4. The number of likely N-dealkylation sites (tertiary alicyclic amines) is 1. The number of ether oxygens (including phenoxy) is 2. The van der Waals surface area contributed by atoms with E-state index in [0.29, 0.717) is 13.2 Å². The van der Waals surface area contributed by atoms with E-state index in [0.717, 1.165) is 24.4 Å². The Morgan fingerprint density at radius 1 is 1.40 bits per heavy atom. The number of methoxy groups -OCH3 is 1. The molecule has 1 aromatic rings. The molecule has 110 valence electrons. The number of anilines is 1. The van der Waals surface area contributed by atoms with Crippen LogP contribution in [0, 0.1) is 0 Å². The maximum absolute atomic E-state index is 12.3. The summed E-state index contributed by atoms with van der Waals surface area (Å²) in [6.07, 6.45) is 0.744. The van der Waals surface area contributed by atoms with E-state index in [1.165, 1.54) is 0 Å². The number of rotatable bonds is 5. The molecule has 0 aromatic heterocycles. The van der Waals surface area contributed by atoms with Crippen LogP contribution in [0.5, 0.6) is 5.75 Å². The normalized spacial score (nSPS) is 22.6. The Balaban J connectivity index is 2.17. The van der Waals surface area contributed by atoms with Gasteiger partial charge in [-0.2, -0.15) is 0 Å². The fraction of sp³-hybridized carbons (Fsp3) is 0.533. The standard InChI is InChI=1S/C15H22N2O3/c1-4-20-14(18)15(9-10-17(2)11-15)16-12-5-7-13(19-3)8-6-12/h5-8,16H,4,9-11H2,1-3H3. The van der Waals surface area contributed by atoms with Crippen LogP contribution in [0.25, 0.3) is 0 Å². The van der Waals surface area contributed by atoms with Crippen molar-refractivity contribution in [3.05, 3.63) is 24.3 Å². The molecular weight excluding hydrogens is 256 g/mol. The third-order valence-corrected chi connectivity index (χ3v) is 3.60. The van der Waals surface area contributed by atoms with E-state index in [9.17, 15) is 4.79 Å². The molecule has 1 atom stereocenters. The second kappa shape index (κ2) is 6.13. The SMILES string of the molecule is CCOC(=O)C1(Nc2ccc(OC)cc2)CCN(C)C1. The summed E-state index contributed by atoms with van der Waals surface area (Å²) >= 11 is 0. The van der Waals surface area contributed by atoms with Crippen LogP contribution in [0.1, 0.15) is 13.3 Å². The molecule has 0 saturated carbocycles. The van der Waals surface area contributed by atoms with Crippen molar-refractivity contribution in [1.29, 1.82) is 0 Å². The highest BCUT2D eigenvalue weighted by molar-refractivity contribution is 5.85. The second-order valence-electron chi connectivity index (χ2n) is 5.14. The zero-order valence-electron chi connectivity index (χ0n) is 12.3. The summed E-state index contributed by atoms with van der Waals surface area (Å²) in [5.41, 5.74) is 0.244. The monoisotopic (exact) mass is 278 g/mol. The fourth-order valence-corrected chi connectivity index (χ4v) is 2.54. The van der Waals surface area contributed by atoms with Crippen molar-refractivity contribution >= 4 is 11.7 Å². The van der Waals surface area contributed by atoms with Crippen LogP contribution < -0.4 is 10.1 Å². The summed E-state index contributed by atoms with van der Waals surface area (Å²) in [6.45, 7) is 3.76. The van der Waals surface area contributed by atoms with Gasteiger partial charge in [-0.1, -0.05) is 0 Å². The van der Waals surface area contributed by atoms with Gasteiger partial charge < -0.3 is 19.7 Å².